The van der Waals surface area contributed by atoms with E-state index in [1.807, 2.05) is 26.0 Å². The number of nitrogens with two attached hydrogens (primary N) is 1. The number of carbonyl (C=O) groups excluding carboxylic acids is 2. The van der Waals surface area contributed by atoms with Gasteiger partial charge in [0.2, 0.25) is 15.9 Å². The van der Waals surface area contributed by atoms with Crippen LogP contribution in [0.25, 0.3) is 0 Å². The molecule has 2 bridgehead atoms. The first-order valence-corrected chi connectivity index (χ1v) is 17.1. The van der Waals surface area contributed by atoms with Gasteiger partial charge < -0.3 is 20.7 Å². The molecule has 0 radical (unpaired) electrons. The minimum absolute atomic E-state index is 0.00824. The van der Waals surface area contributed by atoms with Gasteiger partial charge in [-0.3, -0.25) is 4.79 Å². The fourth-order valence-electron chi connectivity index (χ4n) is 6.22. The monoisotopic (exact) mass is 650 g/mol. The minimum Gasteiger partial charge on any atom is -0.444 e. The van der Waals surface area contributed by atoms with E-state index in [1.165, 1.54) is 16.4 Å². The van der Waals surface area contributed by atoms with E-state index in [0.717, 1.165) is 5.56 Å². The molecule has 2 heterocycles. The van der Waals surface area contributed by atoms with E-state index < -0.39 is 45.5 Å². The number of benzene rings is 2. The van der Waals surface area contributed by atoms with Gasteiger partial charge in [0.15, 0.2) is 0 Å². The molecule has 9 nitrogen and oxygen atoms in total. The molecule has 0 aromatic heterocycles. The molecule has 12 heteroatoms. The van der Waals surface area contributed by atoms with Gasteiger partial charge in [-0.15, -0.1) is 0 Å². The van der Waals surface area contributed by atoms with E-state index >= 15 is 4.39 Å². The van der Waals surface area contributed by atoms with Crippen LogP contribution in [0, 0.1) is 11.7 Å². The summed E-state index contributed by atoms with van der Waals surface area (Å²) in [7, 11) is -3.56. The maximum atomic E-state index is 15.3. The summed E-state index contributed by atoms with van der Waals surface area (Å²) in [5.74, 6) is -1.27. The molecule has 1 unspecified atom stereocenters. The van der Waals surface area contributed by atoms with Gasteiger partial charge in [0.05, 0.1) is 11.8 Å². The molecule has 3 N–H and O–H groups in total. The highest BCUT2D eigenvalue weighted by Gasteiger charge is 2.44. The highest BCUT2D eigenvalue weighted by Crippen LogP contribution is 2.32. The number of amides is 2. The Morgan fingerprint density at radius 3 is 2.45 bits per heavy atom. The number of carbonyl (C=O) groups is 2. The molecule has 2 aliphatic heterocycles. The summed E-state index contributed by atoms with van der Waals surface area (Å²) in [6.07, 6.45) is 0.873. The van der Waals surface area contributed by atoms with Gasteiger partial charge in [-0.1, -0.05) is 43.6 Å². The van der Waals surface area contributed by atoms with Crippen molar-refractivity contribution in [1.82, 2.24) is 9.21 Å². The fourth-order valence-corrected chi connectivity index (χ4v) is 8.14. The average molecular weight is 651 g/mol. The highest BCUT2D eigenvalue weighted by molar-refractivity contribution is 7.89. The van der Waals surface area contributed by atoms with Crippen LogP contribution >= 0.6 is 11.6 Å². The summed E-state index contributed by atoms with van der Waals surface area (Å²) in [6, 6.07) is 9.83. The number of ether oxygens (including phenoxy) is 1. The Morgan fingerprint density at radius 1 is 1.14 bits per heavy atom. The molecule has 2 fully saturated rings. The molecule has 0 aliphatic carbocycles. The third kappa shape index (κ3) is 8.10. The second-order valence-corrected chi connectivity index (χ2v) is 15.6. The standard InChI is InChI=1S/C32H44ClFN4O5S/c1-20(2)28(21-11-13-22(33)14-12-21)29(35)30(39)36-27-10-6-9-26(34)25(27)16-15-24-18-37(31(40)43-32(3,4)5)23-8-7-17-44(41,42)38(24)19-23/h6,9-14,20,23-24,28-29H,7-8,15-19,35H2,1-5H3,(H,36,39)/t23-,24+,28-,29+/m1/s1. The van der Waals surface area contributed by atoms with E-state index in [1.54, 1.807) is 43.9 Å². The van der Waals surface area contributed by atoms with Crippen molar-refractivity contribution in [2.45, 2.75) is 89.9 Å². The molecule has 4 rings (SSSR count). The maximum absolute atomic E-state index is 15.3. The first-order valence-electron chi connectivity index (χ1n) is 15.2. The van der Waals surface area contributed by atoms with Crippen LogP contribution in [0.1, 0.15) is 70.9 Å². The number of nitrogens with zero attached hydrogens (tertiary/aromatic N) is 2. The lowest BCUT2D eigenvalue weighted by molar-refractivity contribution is -0.118. The van der Waals surface area contributed by atoms with Crippen molar-refractivity contribution in [1.29, 1.82) is 0 Å². The first kappa shape index (κ1) is 34.1. The van der Waals surface area contributed by atoms with Gasteiger partial charge >= 0.3 is 6.09 Å². The molecule has 242 valence electrons. The number of nitrogens with one attached hydrogen (secondary N) is 1. The Kier molecular flexibility index (Phi) is 10.7. The lowest BCUT2D eigenvalue weighted by Crippen LogP contribution is -2.60. The second-order valence-electron chi connectivity index (χ2n) is 13.1. The number of sulfonamides is 1. The number of hydrogen-bond donors (Lipinski definition) is 2. The third-order valence-electron chi connectivity index (χ3n) is 8.34. The van der Waals surface area contributed by atoms with Gasteiger partial charge in [0.1, 0.15) is 11.4 Å². The Morgan fingerprint density at radius 2 is 1.82 bits per heavy atom. The van der Waals surface area contributed by atoms with Gasteiger partial charge in [-0.2, -0.15) is 4.31 Å². The molecule has 0 saturated carbocycles. The van der Waals surface area contributed by atoms with E-state index in [-0.39, 0.29) is 60.8 Å². The number of fused-ring (bicyclic) bond motifs is 2. The van der Waals surface area contributed by atoms with Crippen LogP contribution in [0.15, 0.2) is 42.5 Å². The molecule has 0 spiro atoms. The summed E-state index contributed by atoms with van der Waals surface area (Å²) in [4.78, 5) is 28.2. The van der Waals surface area contributed by atoms with Crippen LogP contribution in [0.3, 0.4) is 0 Å². The highest BCUT2D eigenvalue weighted by atomic mass is 35.5. The van der Waals surface area contributed by atoms with Crippen molar-refractivity contribution in [3.05, 3.63) is 64.4 Å². The van der Waals surface area contributed by atoms with E-state index in [4.69, 9.17) is 22.1 Å². The normalized spacial score (nSPS) is 23.0. The summed E-state index contributed by atoms with van der Waals surface area (Å²) in [6.45, 7) is 9.62. The Labute approximate surface area is 265 Å². The molecule has 5 atom stereocenters. The summed E-state index contributed by atoms with van der Waals surface area (Å²) >= 11 is 6.06. The van der Waals surface area contributed by atoms with E-state index in [2.05, 4.69) is 5.32 Å². The van der Waals surface area contributed by atoms with Crippen molar-refractivity contribution < 1.29 is 27.1 Å². The Balaban J connectivity index is 1.55. The first-order chi connectivity index (χ1) is 20.6. The molecule has 44 heavy (non-hydrogen) atoms. The Hall–Kier alpha value is -2.73. The van der Waals surface area contributed by atoms with Crippen LogP contribution in [0.5, 0.6) is 0 Å². The van der Waals surface area contributed by atoms with E-state index in [9.17, 15) is 18.0 Å². The fraction of sp³-hybridized carbons (Fsp3) is 0.562. The molecular formula is C32H44ClFN4O5S. The van der Waals surface area contributed by atoms with Crippen LogP contribution in [-0.2, 0) is 26.0 Å². The largest absolute Gasteiger partial charge is 0.444 e. The van der Waals surface area contributed by atoms with Crippen LogP contribution < -0.4 is 11.1 Å². The maximum Gasteiger partial charge on any atom is 0.410 e. The zero-order valence-electron chi connectivity index (χ0n) is 26.1. The van der Waals surface area contributed by atoms with Crippen LogP contribution in [0.2, 0.25) is 5.02 Å². The third-order valence-corrected chi connectivity index (χ3v) is 10.6. The lowest BCUT2D eigenvalue weighted by Gasteiger charge is -2.44. The van der Waals surface area contributed by atoms with Crippen LogP contribution in [0.4, 0.5) is 14.9 Å². The molecule has 2 saturated heterocycles. The average Bonchev–Trinajstić information content (AvgIpc) is 3.05. The predicted molar refractivity (Wildman–Crippen MR) is 171 cm³/mol. The van der Waals surface area contributed by atoms with Gasteiger partial charge in [-0.25, -0.2) is 17.6 Å². The number of hydrogen-bond acceptors (Lipinski definition) is 6. The van der Waals surface area contributed by atoms with Crippen molar-refractivity contribution in [2.24, 2.45) is 11.7 Å². The number of piperazine rings is 1. The summed E-state index contributed by atoms with van der Waals surface area (Å²) < 4.78 is 48.8. The lowest BCUT2D eigenvalue weighted by atomic mass is 9.82. The molecule has 2 aliphatic rings. The summed E-state index contributed by atoms with van der Waals surface area (Å²) in [5.41, 5.74) is 7.18. The zero-order valence-corrected chi connectivity index (χ0v) is 27.6. The molecular weight excluding hydrogens is 607 g/mol. The SMILES string of the molecule is CC(C)[C@H](c1ccc(Cl)cc1)[C@H](N)C(=O)Nc1cccc(F)c1CC[C@H]1CN(C(=O)OC(C)(C)C)[C@@H]2CCCS(=O)(=O)N1C2. The predicted octanol–water partition coefficient (Wildman–Crippen LogP) is 5.53. The number of anilines is 1. The molecule has 2 aromatic rings. The molecule has 2 aromatic carbocycles. The molecule has 2 amide bonds. The quantitative estimate of drug-likeness (QED) is 0.387. The van der Waals surface area contributed by atoms with Gasteiger partial charge in [0.25, 0.3) is 0 Å². The zero-order chi connectivity index (χ0) is 32.4. The Bertz CT molecular complexity index is 1450. The minimum atomic E-state index is -3.56. The van der Waals surface area contributed by atoms with Crippen LogP contribution in [-0.4, -0.2) is 72.2 Å². The van der Waals surface area contributed by atoms with Gasteiger partial charge in [-0.05, 0) is 82.2 Å². The van der Waals surface area contributed by atoms with Crippen molar-refractivity contribution in [3.8, 4) is 0 Å². The van der Waals surface area contributed by atoms with E-state index in [0.29, 0.717) is 17.9 Å². The topological polar surface area (TPSA) is 122 Å². The number of rotatable bonds is 8. The van der Waals surface area contributed by atoms with Gasteiger partial charge in [0, 0.05) is 47.4 Å². The smallest absolute Gasteiger partial charge is 0.410 e. The van der Waals surface area contributed by atoms with Crippen molar-refractivity contribution in [3.63, 3.8) is 0 Å². The number of halogens is 2. The summed E-state index contributed by atoms with van der Waals surface area (Å²) in [5, 5.41) is 3.41. The van der Waals surface area contributed by atoms with Crippen molar-refractivity contribution in [2.75, 3.05) is 24.2 Å². The van der Waals surface area contributed by atoms with Crippen molar-refractivity contribution >= 4 is 39.3 Å². The second kappa shape index (κ2) is 13.7.